The van der Waals surface area contributed by atoms with E-state index in [0.29, 0.717) is 12.1 Å². The maximum absolute atomic E-state index is 12.8. The van der Waals surface area contributed by atoms with Crippen LogP contribution in [-0.2, 0) is 21.4 Å². The first-order chi connectivity index (χ1) is 15.2. The summed E-state index contributed by atoms with van der Waals surface area (Å²) in [6.07, 6.45) is 3.57. The van der Waals surface area contributed by atoms with E-state index >= 15 is 0 Å². The van der Waals surface area contributed by atoms with Gasteiger partial charge < -0.3 is 15.7 Å². The number of primary amides is 1. The van der Waals surface area contributed by atoms with Crippen molar-refractivity contribution < 1.29 is 23.1 Å². The third kappa shape index (κ3) is 4.49. The number of pyridine rings is 1. The van der Waals surface area contributed by atoms with Gasteiger partial charge in [0.25, 0.3) is 10.0 Å². The highest BCUT2D eigenvalue weighted by Crippen LogP contribution is 2.31. The van der Waals surface area contributed by atoms with Gasteiger partial charge in [0.2, 0.25) is 11.8 Å². The van der Waals surface area contributed by atoms with E-state index < -0.39 is 27.9 Å². The fraction of sp³-hybridized carbons (Fsp3) is 0.190. The number of hydrogen-bond donors (Lipinski definition) is 3. The van der Waals surface area contributed by atoms with E-state index in [-0.39, 0.29) is 28.5 Å². The molecule has 2 amide bonds. The number of aromatic hydroxyl groups is 1. The summed E-state index contributed by atoms with van der Waals surface area (Å²) in [7, 11) is -3.90. The highest BCUT2D eigenvalue weighted by atomic mass is 32.2. The molecule has 0 aliphatic carbocycles. The van der Waals surface area contributed by atoms with Gasteiger partial charge in [-0.15, -0.1) is 11.3 Å². The zero-order chi connectivity index (χ0) is 22.9. The van der Waals surface area contributed by atoms with Crippen LogP contribution in [0.5, 0.6) is 5.75 Å². The van der Waals surface area contributed by atoms with Crippen LogP contribution in [0.25, 0.3) is 10.4 Å². The number of likely N-dealkylation sites (tertiary alicyclic amines) is 1. The molecule has 1 fully saturated rings. The highest BCUT2D eigenvalue weighted by Gasteiger charge is 2.35. The van der Waals surface area contributed by atoms with Crippen molar-refractivity contribution in [2.75, 3.05) is 6.54 Å². The maximum atomic E-state index is 12.8. The summed E-state index contributed by atoms with van der Waals surface area (Å²) >= 11 is 1.09. The molecule has 1 saturated heterocycles. The molecule has 1 aromatic carbocycles. The Morgan fingerprint density at radius 2 is 2.09 bits per heavy atom. The normalized spacial score (nSPS) is 16.4. The summed E-state index contributed by atoms with van der Waals surface area (Å²) in [6.45, 7) is 0.339. The second-order valence-corrected chi connectivity index (χ2v) is 10.3. The Hall–Kier alpha value is -3.28. The van der Waals surface area contributed by atoms with Crippen LogP contribution < -0.4 is 10.5 Å². The van der Waals surface area contributed by atoms with Gasteiger partial charge in [0.1, 0.15) is 16.0 Å². The molecule has 1 aliphatic heterocycles. The average Bonchev–Trinajstić information content (AvgIpc) is 3.39. The Kier molecular flexibility index (Phi) is 5.96. The number of carbonyl (C=O) groups excluding carboxylic acids is 2. The van der Waals surface area contributed by atoms with Gasteiger partial charge >= 0.3 is 0 Å². The van der Waals surface area contributed by atoms with Crippen molar-refractivity contribution in [3.63, 3.8) is 0 Å². The number of sulfonamides is 1. The number of phenols is 1. The third-order valence-electron chi connectivity index (χ3n) is 5.11. The summed E-state index contributed by atoms with van der Waals surface area (Å²) in [6, 6.07) is 10.1. The van der Waals surface area contributed by atoms with Gasteiger partial charge in [-0.25, -0.2) is 8.42 Å². The minimum atomic E-state index is -3.90. The number of benzene rings is 1. The van der Waals surface area contributed by atoms with Crippen LogP contribution in [0.15, 0.2) is 59.1 Å². The first-order valence-corrected chi connectivity index (χ1v) is 12.0. The molecule has 0 spiro atoms. The lowest BCUT2D eigenvalue weighted by molar-refractivity contribution is -0.129. The Bertz CT molecular complexity index is 1270. The van der Waals surface area contributed by atoms with E-state index in [1.54, 1.807) is 24.5 Å². The topological polar surface area (TPSA) is 143 Å². The lowest BCUT2D eigenvalue weighted by atomic mass is 10.1. The smallest absolute Gasteiger partial charge is 0.250 e. The molecule has 0 saturated carbocycles. The number of rotatable bonds is 7. The number of nitrogens with two attached hydrogens (primary N) is 1. The Balaban J connectivity index is 1.46. The average molecular weight is 473 g/mol. The monoisotopic (exact) mass is 472 g/mol. The zero-order valence-corrected chi connectivity index (χ0v) is 18.4. The van der Waals surface area contributed by atoms with Crippen molar-refractivity contribution in [2.45, 2.75) is 23.2 Å². The minimum Gasteiger partial charge on any atom is -0.508 e. The van der Waals surface area contributed by atoms with Crippen LogP contribution in [0.2, 0.25) is 0 Å². The lowest BCUT2D eigenvalue weighted by Gasteiger charge is -2.18. The summed E-state index contributed by atoms with van der Waals surface area (Å²) in [5.41, 5.74) is 6.65. The summed E-state index contributed by atoms with van der Waals surface area (Å²) < 4.78 is 28.3. The molecular formula is C21H20N4O5S2. The van der Waals surface area contributed by atoms with Crippen LogP contribution in [0.1, 0.15) is 22.3 Å². The number of nitrogens with zero attached hydrogens (tertiary/aromatic N) is 2. The number of thiophene rings is 1. The van der Waals surface area contributed by atoms with Crippen LogP contribution in [0.4, 0.5) is 0 Å². The van der Waals surface area contributed by atoms with Gasteiger partial charge in [0.05, 0.1) is 0 Å². The fourth-order valence-corrected chi connectivity index (χ4v) is 5.99. The van der Waals surface area contributed by atoms with Crippen LogP contribution in [0.3, 0.4) is 0 Å². The molecule has 3 heterocycles. The molecule has 4 rings (SSSR count). The number of nitrogens with one attached hydrogen (secondary N) is 1. The van der Waals surface area contributed by atoms with Crippen molar-refractivity contribution in [3.8, 4) is 16.2 Å². The Labute approximate surface area is 188 Å². The number of aromatic nitrogens is 1. The predicted molar refractivity (Wildman–Crippen MR) is 118 cm³/mol. The summed E-state index contributed by atoms with van der Waals surface area (Å²) in [5, 5.41) is 10.1. The van der Waals surface area contributed by atoms with Crippen LogP contribution >= 0.6 is 11.3 Å². The number of hydrogen-bond acceptors (Lipinski definition) is 7. The molecule has 2 aromatic heterocycles. The quantitative estimate of drug-likeness (QED) is 0.478. The van der Waals surface area contributed by atoms with E-state index in [1.165, 1.54) is 29.2 Å². The molecule has 0 unspecified atom stereocenters. The molecule has 4 N–H and O–H groups in total. The largest absolute Gasteiger partial charge is 0.508 e. The van der Waals surface area contributed by atoms with Crippen molar-refractivity contribution in [3.05, 3.63) is 66.0 Å². The van der Waals surface area contributed by atoms with Gasteiger partial charge in [-0.05, 0) is 42.8 Å². The van der Waals surface area contributed by atoms with Gasteiger partial charge in [-0.1, -0.05) is 6.07 Å². The van der Waals surface area contributed by atoms with Crippen molar-refractivity contribution >= 4 is 33.2 Å². The van der Waals surface area contributed by atoms with Gasteiger partial charge in [-0.2, -0.15) is 4.72 Å². The van der Waals surface area contributed by atoms with Crippen molar-refractivity contribution in [1.29, 1.82) is 0 Å². The van der Waals surface area contributed by atoms with Gasteiger partial charge in [0.15, 0.2) is 0 Å². The molecule has 0 bridgehead atoms. The Morgan fingerprint density at radius 1 is 1.28 bits per heavy atom. The fourth-order valence-electron chi connectivity index (χ4n) is 3.45. The standard InChI is InChI=1S/C21H20N4O5S2/c22-20(27)13-3-4-17(26)15(10-13)12-25-9-7-16(21(25)28)24-32(29,30)19-6-5-18(31-19)14-2-1-8-23-11-14/h1-6,8,10-11,16,24,26H,7,9,12H2,(H2,22,27)/t16-/m0/s1. The summed E-state index contributed by atoms with van der Waals surface area (Å²) in [5.74, 6) is -1.12. The second kappa shape index (κ2) is 8.69. The molecule has 32 heavy (non-hydrogen) atoms. The zero-order valence-electron chi connectivity index (χ0n) is 16.8. The molecule has 166 valence electrons. The number of carbonyl (C=O) groups is 2. The maximum Gasteiger partial charge on any atom is 0.250 e. The lowest BCUT2D eigenvalue weighted by Crippen LogP contribution is -2.41. The van der Waals surface area contributed by atoms with Crippen LogP contribution in [-0.4, -0.2) is 47.8 Å². The van der Waals surface area contributed by atoms with E-state index in [9.17, 15) is 23.1 Å². The van der Waals surface area contributed by atoms with Gasteiger partial charge in [-0.3, -0.25) is 14.6 Å². The predicted octanol–water partition coefficient (Wildman–Crippen LogP) is 1.69. The van der Waals surface area contributed by atoms with Crippen LogP contribution in [0, 0.1) is 0 Å². The van der Waals surface area contributed by atoms with Crippen molar-refractivity contribution in [2.24, 2.45) is 5.73 Å². The second-order valence-electron chi connectivity index (χ2n) is 7.29. The molecule has 0 radical (unpaired) electrons. The first kappa shape index (κ1) is 21.9. The molecule has 3 aromatic rings. The van der Waals surface area contributed by atoms with E-state index in [2.05, 4.69) is 9.71 Å². The minimum absolute atomic E-state index is 0.0359. The Morgan fingerprint density at radius 3 is 2.81 bits per heavy atom. The number of amides is 2. The molecule has 1 aliphatic rings. The molecule has 11 heteroatoms. The highest BCUT2D eigenvalue weighted by molar-refractivity contribution is 7.91. The SMILES string of the molecule is NC(=O)c1ccc(O)c(CN2CC[C@H](NS(=O)(=O)c3ccc(-c4cccnc4)s3)C2=O)c1. The van der Waals surface area contributed by atoms with Gasteiger partial charge in [0, 0.05) is 47.1 Å². The summed E-state index contributed by atoms with van der Waals surface area (Å²) in [4.78, 5) is 30.4. The molecule has 1 atom stereocenters. The third-order valence-corrected chi connectivity index (χ3v) is 8.21. The molecular weight excluding hydrogens is 452 g/mol. The molecule has 9 nitrogen and oxygen atoms in total. The first-order valence-electron chi connectivity index (χ1n) is 9.67. The van der Waals surface area contributed by atoms with E-state index in [0.717, 1.165) is 21.8 Å². The number of phenolic OH excluding ortho intramolecular Hbond substituents is 1. The van der Waals surface area contributed by atoms with Crippen molar-refractivity contribution in [1.82, 2.24) is 14.6 Å². The van der Waals surface area contributed by atoms with E-state index in [4.69, 9.17) is 5.73 Å². The van der Waals surface area contributed by atoms with E-state index in [1.807, 2.05) is 6.07 Å².